The Bertz CT molecular complexity index is 720. The molecule has 0 unspecified atom stereocenters. The summed E-state index contributed by atoms with van der Waals surface area (Å²) in [6.07, 6.45) is 1.62. The van der Waals surface area contributed by atoms with Crippen LogP contribution in [0.3, 0.4) is 0 Å². The van der Waals surface area contributed by atoms with E-state index in [1.54, 1.807) is 17.5 Å². The minimum atomic E-state index is -0.132. The molecule has 0 fully saturated rings. The third-order valence-corrected chi connectivity index (χ3v) is 5.13. The van der Waals surface area contributed by atoms with Crippen LogP contribution in [0.4, 0.5) is 5.69 Å². The second-order valence-electron chi connectivity index (χ2n) is 3.97. The quantitative estimate of drug-likeness (QED) is 0.718. The van der Waals surface area contributed by atoms with Crippen molar-refractivity contribution in [1.29, 1.82) is 0 Å². The predicted octanol–water partition coefficient (Wildman–Crippen LogP) is 4.89. The largest absolute Gasteiger partial charge is 0.321 e. The highest BCUT2D eigenvalue weighted by atomic mass is 79.9. The molecule has 0 atom stereocenters. The van der Waals surface area contributed by atoms with E-state index in [0.29, 0.717) is 4.88 Å². The minimum absolute atomic E-state index is 0.132. The van der Waals surface area contributed by atoms with Crippen LogP contribution in [-0.4, -0.2) is 10.9 Å². The summed E-state index contributed by atoms with van der Waals surface area (Å²) in [5.74, 6) is -0.132. The van der Waals surface area contributed by atoms with E-state index >= 15 is 0 Å². The van der Waals surface area contributed by atoms with Gasteiger partial charge in [0.2, 0.25) is 0 Å². The molecule has 3 nitrogen and oxygen atoms in total. The summed E-state index contributed by atoms with van der Waals surface area (Å²) in [6, 6.07) is 11.5. The van der Waals surface area contributed by atoms with Gasteiger partial charge in [-0.05, 0) is 35.7 Å². The van der Waals surface area contributed by atoms with Crippen LogP contribution in [-0.2, 0) is 0 Å². The Morgan fingerprint density at radius 1 is 1.20 bits per heavy atom. The Hall–Kier alpha value is -1.50. The topological polar surface area (TPSA) is 42.0 Å². The van der Waals surface area contributed by atoms with Crippen molar-refractivity contribution in [3.63, 3.8) is 0 Å². The lowest BCUT2D eigenvalue weighted by atomic mass is 10.3. The van der Waals surface area contributed by atoms with Gasteiger partial charge in [0.1, 0.15) is 9.88 Å². The van der Waals surface area contributed by atoms with Crippen molar-refractivity contribution in [3.8, 4) is 9.88 Å². The normalized spacial score (nSPS) is 10.4. The summed E-state index contributed by atoms with van der Waals surface area (Å²) >= 11 is 6.38. The number of halogens is 1. The van der Waals surface area contributed by atoms with Crippen molar-refractivity contribution in [2.45, 2.75) is 0 Å². The Labute approximate surface area is 132 Å². The van der Waals surface area contributed by atoms with Gasteiger partial charge in [-0.1, -0.05) is 22.0 Å². The average Bonchev–Trinajstić information content (AvgIpc) is 3.11. The molecule has 2 aromatic heterocycles. The van der Waals surface area contributed by atoms with Crippen LogP contribution in [0.2, 0.25) is 0 Å². The zero-order chi connectivity index (χ0) is 13.9. The highest BCUT2D eigenvalue weighted by Crippen LogP contribution is 2.29. The molecule has 2 heterocycles. The summed E-state index contributed by atoms with van der Waals surface area (Å²) in [6.45, 7) is 0. The first-order valence-electron chi connectivity index (χ1n) is 5.79. The molecule has 3 aromatic rings. The maximum atomic E-state index is 12.1. The Morgan fingerprint density at radius 3 is 2.70 bits per heavy atom. The fourth-order valence-corrected chi connectivity index (χ4v) is 3.50. The number of amides is 1. The van der Waals surface area contributed by atoms with E-state index in [9.17, 15) is 4.79 Å². The average molecular weight is 365 g/mol. The van der Waals surface area contributed by atoms with Gasteiger partial charge >= 0.3 is 0 Å². The number of benzene rings is 1. The van der Waals surface area contributed by atoms with E-state index < -0.39 is 0 Å². The van der Waals surface area contributed by atoms with Crippen LogP contribution < -0.4 is 5.32 Å². The molecular weight excluding hydrogens is 356 g/mol. The number of thiazole rings is 1. The van der Waals surface area contributed by atoms with Gasteiger partial charge in [-0.2, -0.15) is 0 Å². The number of thiophene rings is 1. The van der Waals surface area contributed by atoms with E-state index in [4.69, 9.17) is 0 Å². The number of hydrogen-bond donors (Lipinski definition) is 1. The van der Waals surface area contributed by atoms with Gasteiger partial charge in [0, 0.05) is 10.2 Å². The third-order valence-electron chi connectivity index (χ3n) is 2.56. The first-order valence-corrected chi connectivity index (χ1v) is 8.28. The summed E-state index contributed by atoms with van der Waals surface area (Å²) in [5, 5.41) is 5.73. The van der Waals surface area contributed by atoms with Crippen molar-refractivity contribution in [3.05, 3.63) is 57.3 Å². The van der Waals surface area contributed by atoms with Gasteiger partial charge in [0.15, 0.2) is 0 Å². The zero-order valence-electron chi connectivity index (χ0n) is 10.2. The number of aromatic nitrogens is 1. The molecule has 0 aliphatic heterocycles. The van der Waals surface area contributed by atoms with Crippen LogP contribution >= 0.6 is 38.6 Å². The van der Waals surface area contributed by atoms with Crippen molar-refractivity contribution in [2.24, 2.45) is 0 Å². The summed E-state index contributed by atoms with van der Waals surface area (Å²) < 4.78 is 0.980. The molecule has 0 saturated carbocycles. The SMILES string of the molecule is O=C(Nc1ccc(Br)cc1)c1cnc(-c2cccs2)s1. The Kier molecular flexibility index (Phi) is 3.95. The highest BCUT2D eigenvalue weighted by molar-refractivity contribution is 9.10. The molecular formula is C14H9BrN2OS2. The van der Waals surface area contributed by atoms with Gasteiger partial charge in [0.05, 0.1) is 11.1 Å². The summed E-state index contributed by atoms with van der Waals surface area (Å²) in [5.41, 5.74) is 0.768. The predicted molar refractivity (Wildman–Crippen MR) is 87.5 cm³/mol. The van der Waals surface area contributed by atoms with Gasteiger partial charge < -0.3 is 5.32 Å². The van der Waals surface area contributed by atoms with E-state index in [0.717, 1.165) is 20.0 Å². The number of nitrogens with zero attached hydrogens (tertiary/aromatic N) is 1. The summed E-state index contributed by atoms with van der Waals surface area (Å²) in [7, 11) is 0. The molecule has 0 spiro atoms. The zero-order valence-corrected chi connectivity index (χ0v) is 13.4. The van der Waals surface area contributed by atoms with Gasteiger partial charge in [-0.3, -0.25) is 4.79 Å². The van der Waals surface area contributed by atoms with Gasteiger partial charge in [-0.15, -0.1) is 22.7 Å². The van der Waals surface area contributed by atoms with E-state index in [1.165, 1.54) is 11.3 Å². The molecule has 0 aliphatic carbocycles. The monoisotopic (exact) mass is 364 g/mol. The Balaban J connectivity index is 1.76. The van der Waals surface area contributed by atoms with Crippen LogP contribution in [0.5, 0.6) is 0 Å². The molecule has 3 rings (SSSR count). The molecule has 0 saturated heterocycles. The van der Waals surface area contributed by atoms with Gasteiger partial charge in [-0.25, -0.2) is 4.98 Å². The molecule has 0 bridgehead atoms. The summed E-state index contributed by atoms with van der Waals surface area (Å²) in [4.78, 5) is 18.1. The lowest BCUT2D eigenvalue weighted by Gasteiger charge is -2.02. The van der Waals surface area contributed by atoms with Crippen molar-refractivity contribution < 1.29 is 4.79 Å². The van der Waals surface area contributed by atoms with Crippen LogP contribution in [0.15, 0.2) is 52.4 Å². The maximum Gasteiger partial charge on any atom is 0.267 e. The molecule has 1 aromatic carbocycles. The van der Waals surface area contributed by atoms with Crippen LogP contribution in [0.1, 0.15) is 9.67 Å². The number of carbonyl (C=O) groups is 1. The fraction of sp³-hybridized carbons (Fsp3) is 0. The molecule has 1 amide bonds. The van der Waals surface area contributed by atoms with Crippen LogP contribution in [0, 0.1) is 0 Å². The van der Waals surface area contributed by atoms with Gasteiger partial charge in [0.25, 0.3) is 5.91 Å². The Morgan fingerprint density at radius 2 is 2.00 bits per heavy atom. The van der Waals surface area contributed by atoms with Crippen molar-refractivity contribution in [2.75, 3.05) is 5.32 Å². The molecule has 6 heteroatoms. The number of carbonyl (C=O) groups excluding carboxylic acids is 1. The minimum Gasteiger partial charge on any atom is -0.321 e. The third kappa shape index (κ3) is 2.98. The second kappa shape index (κ2) is 5.87. The standard InChI is InChI=1S/C14H9BrN2OS2/c15-9-3-5-10(6-4-9)17-13(18)12-8-16-14(20-12)11-2-1-7-19-11/h1-8H,(H,17,18). The molecule has 0 aliphatic rings. The number of rotatable bonds is 3. The lowest BCUT2D eigenvalue weighted by Crippen LogP contribution is -2.09. The maximum absolute atomic E-state index is 12.1. The van der Waals surface area contributed by atoms with Crippen LogP contribution in [0.25, 0.3) is 9.88 Å². The number of anilines is 1. The number of nitrogens with one attached hydrogen (secondary N) is 1. The fourth-order valence-electron chi connectivity index (χ4n) is 1.62. The van der Waals surface area contributed by atoms with E-state index in [1.807, 2.05) is 41.8 Å². The van der Waals surface area contributed by atoms with E-state index in [-0.39, 0.29) is 5.91 Å². The highest BCUT2D eigenvalue weighted by Gasteiger charge is 2.12. The molecule has 1 N–H and O–H groups in total. The molecule has 20 heavy (non-hydrogen) atoms. The second-order valence-corrected chi connectivity index (χ2v) is 6.86. The van der Waals surface area contributed by atoms with E-state index in [2.05, 4.69) is 26.2 Å². The molecule has 0 radical (unpaired) electrons. The number of hydrogen-bond acceptors (Lipinski definition) is 4. The lowest BCUT2D eigenvalue weighted by molar-refractivity contribution is 0.103. The first-order chi connectivity index (χ1) is 9.72. The smallest absolute Gasteiger partial charge is 0.267 e. The van der Waals surface area contributed by atoms with Crippen molar-refractivity contribution >= 4 is 50.2 Å². The van der Waals surface area contributed by atoms with Crippen molar-refractivity contribution in [1.82, 2.24) is 4.98 Å². The molecule has 100 valence electrons. The first kappa shape index (κ1) is 13.5.